The lowest BCUT2D eigenvalue weighted by molar-refractivity contribution is -0.131. The van der Waals surface area contributed by atoms with Gasteiger partial charge in [-0.3, -0.25) is 4.79 Å². The molecule has 0 bridgehead atoms. The number of rotatable bonds is 5. The molecule has 1 unspecified atom stereocenters. The van der Waals surface area contributed by atoms with Crippen LogP contribution in [-0.4, -0.2) is 37.0 Å². The number of anilines is 2. The Labute approximate surface area is 155 Å². The molecule has 2 aromatic carbocycles. The summed E-state index contributed by atoms with van der Waals surface area (Å²) < 4.78 is 0. The number of carbonyl (C=O) groups is 1. The predicted molar refractivity (Wildman–Crippen MR) is 107 cm³/mol. The molecular formula is C22H27N3O. The Morgan fingerprint density at radius 2 is 1.42 bits per heavy atom. The summed E-state index contributed by atoms with van der Waals surface area (Å²) in [6.45, 7) is 4.04. The van der Waals surface area contributed by atoms with Gasteiger partial charge < -0.3 is 15.1 Å². The molecule has 2 aliphatic heterocycles. The molecule has 2 saturated heterocycles. The number of amides is 1. The van der Waals surface area contributed by atoms with Crippen LogP contribution in [0.4, 0.5) is 11.4 Å². The third-order valence-corrected chi connectivity index (χ3v) is 5.45. The number of nitrogens with one attached hydrogen (secondary N) is 1. The third kappa shape index (κ3) is 3.69. The Morgan fingerprint density at radius 3 is 2.08 bits per heavy atom. The normalized spacial score (nSPS) is 18.2. The van der Waals surface area contributed by atoms with E-state index in [9.17, 15) is 4.79 Å². The van der Waals surface area contributed by atoms with E-state index in [0.717, 1.165) is 50.3 Å². The summed E-state index contributed by atoms with van der Waals surface area (Å²) in [5, 5.41) is 3.48. The molecule has 1 N–H and O–H groups in total. The SMILES string of the molecule is O=C(C(Nc1ccc(N2CCCC2)cc1)c1ccccc1)N1CCCC1. The van der Waals surface area contributed by atoms with E-state index in [0.29, 0.717) is 0 Å². The minimum atomic E-state index is -0.327. The topological polar surface area (TPSA) is 35.6 Å². The molecule has 1 amide bonds. The van der Waals surface area contributed by atoms with Crippen LogP contribution in [0.1, 0.15) is 37.3 Å². The van der Waals surface area contributed by atoms with Crippen molar-refractivity contribution in [3.63, 3.8) is 0 Å². The van der Waals surface area contributed by atoms with E-state index in [1.54, 1.807) is 0 Å². The van der Waals surface area contributed by atoms with Crippen molar-refractivity contribution >= 4 is 17.3 Å². The highest BCUT2D eigenvalue weighted by Gasteiger charge is 2.27. The predicted octanol–water partition coefficient (Wildman–Crippen LogP) is 4.06. The van der Waals surface area contributed by atoms with E-state index in [2.05, 4.69) is 34.5 Å². The average molecular weight is 349 g/mol. The molecule has 2 fully saturated rings. The van der Waals surface area contributed by atoms with Crippen LogP contribution in [-0.2, 0) is 4.79 Å². The molecule has 0 aromatic heterocycles. The first kappa shape index (κ1) is 17.0. The Hall–Kier alpha value is -2.49. The second-order valence-corrected chi connectivity index (χ2v) is 7.26. The van der Waals surface area contributed by atoms with Gasteiger partial charge in [-0.2, -0.15) is 0 Å². The van der Waals surface area contributed by atoms with Crippen molar-refractivity contribution in [2.45, 2.75) is 31.7 Å². The van der Waals surface area contributed by atoms with Crippen LogP contribution in [0.2, 0.25) is 0 Å². The molecule has 0 spiro atoms. The molecule has 0 saturated carbocycles. The van der Waals surface area contributed by atoms with Crippen molar-refractivity contribution in [3.05, 3.63) is 60.2 Å². The summed E-state index contributed by atoms with van der Waals surface area (Å²) in [5.41, 5.74) is 3.29. The summed E-state index contributed by atoms with van der Waals surface area (Å²) in [5.74, 6) is 0.178. The van der Waals surface area contributed by atoms with Gasteiger partial charge in [-0.05, 0) is 55.5 Å². The smallest absolute Gasteiger partial charge is 0.249 e. The zero-order valence-corrected chi connectivity index (χ0v) is 15.2. The van der Waals surface area contributed by atoms with Crippen LogP contribution in [0.5, 0.6) is 0 Å². The minimum Gasteiger partial charge on any atom is -0.372 e. The standard InChI is InChI=1S/C22H27N3O/c26-22(25-16-6-7-17-25)21(18-8-2-1-3-9-18)23-19-10-12-20(13-11-19)24-14-4-5-15-24/h1-3,8-13,21,23H,4-7,14-17H2. The van der Waals surface area contributed by atoms with Crippen molar-refractivity contribution in [3.8, 4) is 0 Å². The lowest BCUT2D eigenvalue weighted by Gasteiger charge is -2.25. The van der Waals surface area contributed by atoms with Gasteiger partial charge in [0.25, 0.3) is 0 Å². The Kier molecular flexibility index (Phi) is 5.09. The van der Waals surface area contributed by atoms with E-state index < -0.39 is 0 Å². The monoisotopic (exact) mass is 349 g/mol. The number of likely N-dealkylation sites (tertiary alicyclic amines) is 1. The molecule has 136 valence electrons. The molecule has 0 aliphatic carbocycles. The maximum Gasteiger partial charge on any atom is 0.249 e. The zero-order valence-electron chi connectivity index (χ0n) is 15.2. The second kappa shape index (κ2) is 7.81. The van der Waals surface area contributed by atoms with Crippen molar-refractivity contribution < 1.29 is 4.79 Å². The van der Waals surface area contributed by atoms with Crippen molar-refractivity contribution in [2.75, 3.05) is 36.4 Å². The average Bonchev–Trinajstić information content (AvgIpc) is 3.41. The Morgan fingerprint density at radius 1 is 0.808 bits per heavy atom. The van der Waals surface area contributed by atoms with E-state index in [4.69, 9.17) is 0 Å². The van der Waals surface area contributed by atoms with Gasteiger partial charge in [-0.15, -0.1) is 0 Å². The van der Waals surface area contributed by atoms with Crippen LogP contribution in [0.25, 0.3) is 0 Å². The van der Waals surface area contributed by atoms with Gasteiger partial charge in [0, 0.05) is 37.6 Å². The largest absolute Gasteiger partial charge is 0.372 e. The lowest BCUT2D eigenvalue weighted by atomic mass is 10.0. The highest BCUT2D eigenvalue weighted by Crippen LogP contribution is 2.26. The quantitative estimate of drug-likeness (QED) is 0.884. The molecule has 26 heavy (non-hydrogen) atoms. The molecule has 2 aliphatic rings. The van der Waals surface area contributed by atoms with E-state index >= 15 is 0 Å². The van der Waals surface area contributed by atoms with Crippen LogP contribution in [0, 0.1) is 0 Å². The maximum atomic E-state index is 13.1. The van der Waals surface area contributed by atoms with Gasteiger partial charge in [-0.25, -0.2) is 0 Å². The number of hydrogen-bond donors (Lipinski definition) is 1. The number of hydrogen-bond acceptors (Lipinski definition) is 3. The summed E-state index contributed by atoms with van der Waals surface area (Å²) >= 11 is 0. The molecule has 0 radical (unpaired) electrons. The van der Waals surface area contributed by atoms with Gasteiger partial charge >= 0.3 is 0 Å². The van der Waals surface area contributed by atoms with Gasteiger partial charge in [0.05, 0.1) is 0 Å². The van der Waals surface area contributed by atoms with Crippen LogP contribution >= 0.6 is 0 Å². The second-order valence-electron chi connectivity index (χ2n) is 7.26. The van der Waals surface area contributed by atoms with Gasteiger partial charge in [-0.1, -0.05) is 30.3 Å². The first-order chi connectivity index (χ1) is 12.8. The molecule has 4 rings (SSSR count). The van der Waals surface area contributed by atoms with Crippen molar-refractivity contribution in [1.82, 2.24) is 4.90 Å². The number of nitrogens with zero attached hydrogens (tertiary/aromatic N) is 2. The van der Waals surface area contributed by atoms with Crippen molar-refractivity contribution in [2.24, 2.45) is 0 Å². The Balaban J connectivity index is 1.53. The molecule has 2 heterocycles. The van der Waals surface area contributed by atoms with Crippen LogP contribution in [0.15, 0.2) is 54.6 Å². The van der Waals surface area contributed by atoms with E-state index in [1.165, 1.54) is 18.5 Å². The summed E-state index contributed by atoms with van der Waals surface area (Å²) in [6, 6.07) is 18.2. The highest BCUT2D eigenvalue weighted by molar-refractivity contribution is 5.86. The van der Waals surface area contributed by atoms with Gasteiger partial charge in [0.2, 0.25) is 5.91 Å². The first-order valence-electron chi connectivity index (χ1n) is 9.76. The van der Waals surface area contributed by atoms with Crippen molar-refractivity contribution in [1.29, 1.82) is 0 Å². The zero-order chi connectivity index (χ0) is 17.8. The molecular weight excluding hydrogens is 322 g/mol. The number of benzene rings is 2. The fourth-order valence-electron chi connectivity index (χ4n) is 3.96. The molecule has 2 aromatic rings. The summed E-state index contributed by atoms with van der Waals surface area (Å²) in [4.78, 5) is 17.5. The fraction of sp³-hybridized carbons (Fsp3) is 0.409. The number of carbonyl (C=O) groups excluding carboxylic acids is 1. The summed E-state index contributed by atoms with van der Waals surface area (Å²) in [7, 11) is 0. The lowest BCUT2D eigenvalue weighted by Crippen LogP contribution is -2.36. The summed E-state index contributed by atoms with van der Waals surface area (Å²) in [6.07, 6.45) is 4.77. The molecule has 4 heteroatoms. The molecule has 4 nitrogen and oxygen atoms in total. The third-order valence-electron chi connectivity index (χ3n) is 5.45. The van der Waals surface area contributed by atoms with E-state index in [-0.39, 0.29) is 11.9 Å². The van der Waals surface area contributed by atoms with Gasteiger partial charge in [0.1, 0.15) is 6.04 Å². The maximum absolute atomic E-state index is 13.1. The fourth-order valence-corrected chi connectivity index (χ4v) is 3.96. The van der Waals surface area contributed by atoms with Crippen LogP contribution < -0.4 is 10.2 Å². The van der Waals surface area contributed by atoms with Crippen LogP contribution in [0.3, 0.4) is 0 Å². The minimum absolute atomic E-state index is 0.178. The first-order valence-corrected chi connectivity index (χ1v) is 9.76. The van der Waals surface area contributed by atoms with E-state index in [1.807, 2.05) is 35.2 Å². The highest BCUT2D eigenvalue weighted by atomic mass is 16.2. The Bertz CT molecular complexity index is 717. The molecule has 1 atom stereocenters. The van der Waals surface area contributed by atoms with Gasteiger partial charge in [0.15, 0.2) is 0 Å².